The van der Waals surface area contributed by atoms with Gasteiger partial charge in [0, 0.05) is 40.4 Å². The Labute approximate surface area is 107 Å². The van der Waals surface area contributed by atoms with Gasteiger partial charge in [-0.1, -0.05) is 0 Å². The summed E-state index contributed by atoms with van der Waals surface area (Å²) in [7, 11) is 5.20. The molecule has 18 heavy (non-hydrogen) atoms. The molecule has 0 unspecified atom stereocenters. The zero-order valence-electron chi connectivity index (χ0n) is 11.0. The van der Waals surface area contributed by atoms with Gasteiger partial charge in [-0.2, -0.15) is 5.26 Å². The van der Waals surface area contributed by atoms with Crippen LogP contribution in [0.5, 0.6) is 0 Å². The summed E-state index contributed by atoms with van der Waals surface area (Å²) < 4.78 is 6.68. The van der Waals surface area contributed by atoms with Crippen molar-refractivity contribution < 1.29 is 4.74 Å². The molecule has 0 aliphatic heterocycles. The van der Waals surface area contributed by atoms with E-state index < -0.39 is 0 Å². The van der Waals surface area contributed by atoms with Gasteiger partial charge in [0.15, 0.2) is 0 Å². The number of nitrogen functional groups attached to an aromatic ring is 1. The molecule has 3 N–H and O–H groups in total. The lowest BCUT2D eigenvalue weighted by molar-refractivity contribution is 0.196. The van der Waals surface area contributed by atoms with Crippen molar-refractivity contribution in [3.05, 3.63) is 17.1 Å². The van der Waals surface area contributed by atoms with E-state index in [9.17, 15) is 5.26 Å². The average Bonchev–Trinajstić information content (AvgIpc) is 2.38. The van der Waals surface area contributed by atoms with Gasteiger partial charge in [0.25, 0.3) is 0 Å². The minimum Gasteiger partial charge on any atom is -0.387 e. The summed E-state index contributed by atoms with van der Waals surface area (Å²) >= 11 is 0. The number of nitrogens with one attached hydrogen (secondary N) is 1. The monoisotopic (exact) mass is 249 g/mol. The maximum absolute atomic E-state index is 9.22. The fourth-order valence-electron chi connectivity index (χ4n) is 1.61. The summed E-state index contributed by atoms with van der Waals surface area (Å²) in [6, 6.07) is 3.89. The number of nitrogens with zero attached hydrogens (tertiary/aromatic N) is 3. The third kappa shape index (κ3) is 3.02. The second-order valence-corrected chi connectivity index (χ2v) is 3.83. The van der Waals surface area contributed by atoms with Gasteiger partial charge >= 0.3 is 0 Å². The quantitative estimate of drug-likeness (QED) is 0.742. The summed E-state index contributed by atoms with van der Waals surface area (Å²) in [6.45, 7) is 1.25. The van der Waals surface area contributed by atoms with Gasteiger partial charge in [-0.05, 0) is 6.42 Å². The number of rotatable bonds is 5. The van der Waals surface area contributed by atoms with Gasteiger partial charge in [0.2, 0.25) is 0 Å². The molecule has 0 fully saturated rings. The number of ether oxygens (including phenoxy) is 1. The number of nitriles is 1. The first-order valence-corrected chi connectivity index (χ1v) is 5.72. The Bertz CT molecular complexity index is 512. The predicted molar refractivity (Wildman–Crippen MR) is 71.0 cm³/mol. The molecule has 1 aromatic rings. The fraction of sp³-hybridized carbons (Fsp3) is 0.500. The van der Waals surface area contributed by atoms with Gasteiger partial charge in [-0.25, -0.2) is 0 Å². The molecule has 0 aliphatic rings. The summed E-state index contributed by atoms with van der Waals surface area (Å²) in [5.74, 6) is 0.559. The van der Waals surface area contributed by atoms with Crippen molar-refractivity contribution in [3.63, 3.8) is 0 Å². The van der Waals surface area contributed by atoms with Crippen LogP contribution in [0.4, 0.5) is 11.5 Å². The molecule has 0 aromatic carbocycles. The first kappa shape index (κ1) is 14.1. The SMILES string of the molecule is CNc1cc(N)n(C)c(=NCCCOC)c1C#N. The van der Waals surface area contributed by atoms with Crippen LogP contribution in [-0.2, 0) is 11.8 Å². The first-order chi connectivity index (χ1) is 8.65. The molecule has 98 valence electrons. The summed E-state index contributed by atoms with van der Waals surface area (Å²) in [6.07, 6.45) is 0.811. The largest absolute Gasteiger partial charge is 0.387 e. The Balaban J connectivity index is 3.23. The smallest absolute Gasteiger partial charge is 0.149 e. The van der Waals surface area contributed by atoms with Crippen molar-refractivity contribution in [1.29, 1.82) is 5.26 Å². The minimum absolute atomic E-state index is 0.506. The fourth-order valence-corrected chi connectivity index (χ4v) is 1.61. The number of pyridine rings is 1. The minimum atomic E-state index is 0.506. The number of nitrogens with two attached hydrogens (primary N) is 1. The van der Waals surface area contributed by atoms with Crippen LogP contribution in [0, 0.1) is 11.3 Å². The second kappa shape index (κ2) is 6.67. The van der Waals surface area contributed by atoms with Crippen LogP contribution in [0.25, 0.3) is 0 Å². The molecule has 1 rings (SSSR count). The Morgan fingerprint density at radius 3 is 2.89 bits per heavy atom. The summed E-state index contributed by atoms with van der Waals surface area (Å²) in [5, 5.41) is 12.2. The topological polar surface area (TPSA) is 88.4 Å². The van der Waals surface area contributed by atoms with E-state index in [0.717, 1.165) is 6.42 Å². The second-order valence-electron chi connectivity index (χ2n) is 3.83. The maximum atomic E-state index is 9.22. The van der Waals surface area contributed by atoms with Gasteiger partial charge < -0.3 is 20.4 Å². The molecule has 0 saturated heterocycles. The highest BCUT2D eigenvalue weighted by atomic mass is 16.5. The molecule has 0 radical (unpaired) electrons. The molecule has 6 nitrogen and oxygen atoms in total. The molecule has 0 bridgehead atoms. The van der Waals surface area contributed by atoms with Crippen LogP contribution in [-0.4, -0.2) is 31.9 Å². The van der Waals surface area contributed by atoms with Crippen molar-refractivity contribution in [2.75, 3.05) is 38.4 Å². The molecule has 1 heterocycles. The van der Waals surface area contributed by atoms with E-state index in [2.05, 4.69) is 16.4 Å². The molecule has 0 aliphatic carbocycles. The van der Waals surface area contributed by atoms with Crippen molar-refractivity contribution in [2.24, 2.45) is 12.0 Å². The molecule has 1 aromatic heterocycles. The number of methoxy groups -OCH3 is 1. The van der Waals surface area contributed by atoms with E-state index in [4.69, 9.17) is 10.5 Å². The lowest BCUT2D eigenvalue weighted by atomic mass is 10.2. The highest BCUT2D eigenvalue weighted by Gasteiger charge is 2.08. The molecule has 0 saturated carbocycles. The van der Waals surface area contributed by atoms with Gasteiger partial charge in [0.05, 0.1) is 5.69 Å². The lowest BCUT2D eigenvalue weighted by Gasteiger charge is -2.11. The highest BCUT2D eigenvalue weighted by Crippen LogP contribution is 2.13. The van der Waals surface area contributed by atoms with Crippen LogP contribution >= 0.6 is 0 Å². The third-order valence-corrected chi connectivity index (χ3v) is 2.64. The van der Waals surface area contributed by atoms with E-state index in [0.29, 0.717) is 35.7 Å². The standard InChI is InChI=1S/C12H19N5O/c1-15-10-7-11(14)17(2)12(9(10)8-13)16-5-4-6-18-3/h7,15H,4-6,14H2,1-3H3. The van der Waals surface area contributed by atoms with E-state index in [1.807, 2.05) is 0 Å². The van der Waals surface area contributed by atoms with Crippen LogP contribution in [0.3, 0.4) is 0 Å². The highest BCUT2D eigenvalue weighted by molar-refractivity contribution is 5.60. The van der Waals surface area contributed by atoms with Gasteiger partial charge in [-0.3, -0.25) is 4.99 Å². The zero-order valence-corrected chi connectivity index (χ0v) is 11.0. The summed E-state index contributed by atoms with van der Waals surface area (Å²) in [5.41, 5.74) is 7.67. The molecule has 6 heteroatoms. The Hall–Kier alpha value is -2.00. The summed E-state index contributed by atoms with van der Waals surface area (Å²) in [4.78, 5) is 4.42. The predicted octanol–water partition coefficient (Wildman–Crippen LogP) is 0.458. The molecular weight excluding hydrogens is 230 g/mol. The third-order valence-electron chi connectivity index (χ3n) is 2.64. The Morgan fingerprint density at radius 2 is 2.33 bits per heavy atom. The molecule has 0 atom stereocenters. The van der Waals surface area contributed by atoms with E-state index in [1.54, 1.807) is 31.8 Å². The Morgan fingerprint density at radius 1 is 1.61 bits per heavy atom. The molecule has 0 spiro atoms. The first-order valence-electron chi connectivity index (χ1n) is 5.72. The Kier molecular flexibility index (Phi) is 5.21. The van der Waals surface area contributed by atoms with E-state index >= 15 is 0 Å². The maximum Gasteiger partial charge on any atom is 0.149 e. The van der Waals surface area contributed by atoms with Gasteiger partial charge in [-0.15, -0.1) is 0 Å². The van der Waals surface area contributed by atoms with E-state index in [-0.39, 0.29) is 0 Å². The number of aromatic nitrogens is 1. The lowest BCUT2D eigenvalue weighted by Crippen LogP contribution is -2.25. The average molecular weight is 249 g/mol. The van der Waals surface area contributed by atoms with Crippen molar-refractivity contribution in [1.82, 2.24) is 4.57 Å². The molecular formula is C12H19N5O. The zero-order chi connectivity index (χ0) is 13.5. The van der Waals surface area contributed by atoms with Crippen LogP contribution < -0.4 is 16.5 Å². The van der Waals surface area contributed by atoms with Crippen LogP contribution in [0.1, 0.15) is 12.0 Å². The van der Waals surface area contributed by atoms with Crippen molar-refractivity contribution in [2.45, 2.75) is 6.42 Å². The van der Waals surface area contributed by atoms with Crippen molar-refractivity contribution >= 4 is 11.5 Å². The normalized spacial score (nSPS) is 11.3. The number of anilines is 2. The number of hydrogen-bond donors (Lipinski definition) is 2. The van der Waals surface area contributed by atoms with Gasteiger partial charge in [0.1, 0.15) is 22.9 Å². The van der Waals surface area contributed by atoms with Crippen LogP contribution in [0.15, 0.2) is 11.1 Å². The van der Waals surface area contributed by atoms with Crippen molar-refractivity contribution in [3.8, 4) is 6.07 Å². The van der Waals surface area contributed by atoms with Crippen LogP contribution in [0.2, 0.25) is 0 Å². The van der Waals surface area contributed by atoms with E-state index in [1.165, 1.54) is 0 Å². The molecule has 0 amide bonds. The number of hydrogen-bond acceptors (Lipinski definition) is 5.